The zero-order valence-corrected chi connectivity index (χ0v) is 14.3. The molecular formula is C17H35N3O. The fourth-order valence-corrected chi connectivity index (χ4v) is 4.10. The molecule has 2 unspecified atom stereocenters. The van der Waals surface area contributed by atoms with Gasteiger partial charge in [0, 0.05) is 37.3 Å². The monoisotopic (exact) mass is 297 g/mol. The van der Waals surface area contributed by atoms with Crippen LogP contribution in [0.5, 0.6) is 0 Å². The minimum atomic E-state index is -0.0800. The third kappa shape index (κ3) is 4.65. The van der Waals surface area contributed by atoms with Crippen LogP contribution in [0.25, 0.3) is 0 Å². The Morgan fingerprint density at radius 1 is 1.29 bits per heavy atom. The third-order valence-corrected chi connectivity index (χ3v) is 5.38. The smallest absolute Gasteiger partial charge is 0.0613 e. The molecule has 0 aromatic heterocycles. The maximum Gasteiger partial charge on any atom is 0.0613 e. The fraction of sp³-hybridized carbons (Fsp3) is 1.00. The zero-order chi connectivity index (χ0) is 15.3. The maximum absolute atomic E-state index is 9.80. The number of rotatable bonds is 8. The van der Waals surface area contributed by atoms with Gasteiger partial charge in [-0.25, -0.2) is 0 Å². The molecule has 4 nitrogen and oxygen atoms in total. The molecule has 2 N–H and O–H groups in total. The van der Waals surface area contributed by atoms with Gasteiger partial charge in [0.2, 0.25) is 0 Å². The molecule has 0 aliphatic carbocycles. The second-order valence-electron chi connectivity index (χ2n) is 7.33. The predicted octanol–water partition coefficient (Wildman–Crippen LogP) is 1.69. The summed E-state index contributed by atoms with van der Waals surface area (Å²) in [4.78, 5) is 5.31. The van der Waals surface area contributed by atoms with E-state index < -0.39 is 0 Å². The summed E-state index contributed by atoms with van der Waals surface area (Å²) in [6, 6.07) is 1.25. The molecule has 2 rings (SSSR count). The van der Waals surface area contributed by atoms with E-state index in [2.05, 4.69) is 35.9 Å². The van der Waals surface area contributed by atoms with Crippen LogP contribution in [0.2, 0.25) is 0 Å². The van der Waals surface area contributed by atoms with Crippen LogP contribution in [-0.4, -0.2) is 71.9 Å². The Morgan fingerprint density at radius 3 is 2.76 bits per heavy atom. The first kappa shape index (κ1) is 17.2. The highest BCUT2D eigenvalue weighted by atomic mass is 16.3. The first-order valence-corrected chi connectivity index (χ1v) is 8.93. The van der Waals surface area contributed by atoms with Crippen molar-refractivity contribution in [1.29, 1.82) is 0 Å². The molecule has 0 saturated carbocycles. The van der Waals surface area contributed by atoms with Gasteiger partial charge in [0.25, 0.3) is 0 Å². The number of aliphatic hydroxyl groups is 1. The summed E-state index contributed by atoms with van der Waals surface area (Å²) in [6.45, 7) is 13.0. The van der Waals surface area contributed by atoms with Gasteiger partial charge in [0.15, 0.2) is 0 Å². The predicted molar refractivity (Wildman–Crippen MR) is 88.6 cm³/mol. The molecule has 2 heterocycles. The van der Waals surface area contributed by atoms with Crippen molar-refractivity contribution in [2.24, 2.45) is 0 Å². The molecule has 0 aromatic carbocycles. The van der Waals surface area contributed by atoms with Crippen molar-refractivity contribution < 1.29 is 5.11 Å². The van der Waals surface area contributed by atoms with Crippen LogP contribution in [0.4, 0.5) is 0 Å². The standard InChI is InChI=1S/C17H35N3O/c1-4-17(14-21,18-15(2)3)8-6-9-19-11-12-20-10-5-7-16(20)13-19/h15-16,18,21H,4-14H2,1-3H3. The first-order valence-electron chi connectivity index (χ1n) is 8.93. The van der Waals surface area contributed by atoms with Gasteiger partial charge in [-0.3, -0.25) is 4.90 Å². The Balaban J connectivity index is 1.74. The average molecular weight is 297 g/mol. The molecule has 0 spiro atoms. The minimum Gasteiger partial charge on any atom is -0.394 e. The number of aliphatic hydroxyl groups excluding tert-OH is 1. The summed E-state index contributed by atoms with van der Waals surface area (Å²) in [6.07, 6.45) is 6.03. The first-order chi connectivity index (χ1) is 10.1. The summed E-state index contributed by atoms with van der Waals surface area (Å²) in [7, 11) is 0. The molecule has 4 heteroatoms. The second-order valence-corrected chi connectivity index (χ2v) is 7.33. The molecule has 0 amide bonds. The Hall–Kier alpha value is -0.160. The van der Waals surface area contributed by atoms with Crippen molar-refractivity contribution in [2.75, 3.05) is 39.3 Å². The van der Waals surface area contributed by atoms with Gasteiger partial charge in [0.05, 0.1) is 6.61 Å². The normalized spacial score (nSPS) is 27.0. The second kappa shape index (κ2) is 7.91. The maximum atomic E-state index is 9.80. The topological polar surface area (TPSA) is 38.7 Å². The van der Waals surface area contributed by atoms with Crippen LogP contribution in [0.15, 0.2) is 0 Å². The number of nitrogens with one attached hydrogen (secondary N) is 1. The average Bonchev–Trinajstić information content (AvgIpc) is 2.93. The van der Waals surface area contributed by atoms with Crippen LogP contribution in [0, 0.1) is 0 Å². The fourth-order valence-electron chi connectivity index (χ4n) is 4.10. The molecule has 2 aliphatic heterocycles. The summed E-state index contributed by atoms with van der Waals surface area (Å²) < 4.78 is 0. The molecule has 0 aromatic rings. The summed E-state index contributed by atoms with van der Waals surface area (Å²) >= 11 is 0. The van der Waals surface area contributed by atoms with Crippen molar-refractivity contribution in [2.45, 2.75) is 70.5 Å². The van der Waals surface area contributed by atoms with Gasteiger partial charge in [-0.15, -0.1) is 0 Å². The summed E-state index contributed by atoms with van der Waals surface area (Å²) in [5.74, 6) is 0. The van der Waals surface area contributed by atoms with Gasteiger partial charge in [0.1, 0.15) is 0 Å². The van der Waals surface area contributed by atoms with E-state index in [0.717, 1.165) is 18.9 Å². The van der Waals surface area contributed by atoms with Crippen molar-refractivity contribution in [1.82, 2.24) is 15.1 Å². The highest BCUT2D eigenvalue weighted by Gasteiger charge is 2.31. The molecule has 21 heavy (non-hydrogen) atoms. The van der Waals surface area contributed by atoms with Crippen LogP contribution < -0.4 is 5.32 Å². The van der Waals surface area contributed by atoms with Gasteiger partial charge >= 0.3 is 0 Å². The van der Waals surface area contributed by atoms with E-state index in [1.165, 1.54) is 52.0 Å². The molecule has 2 aliphatic rings. The Morgan fingerprint density at radius 2 is 2.10 bits per heavy atom. The lowest BCUT2D eigenvalue weighted by molar-refractivity contribution is 0.0930. The van der Waals surface area contributed by atoms with Gasteiger partial charge in [-0.2, -0.15) is 0 Å². The van der Waals surface area contributed by atoms with Crippen molar-refractivity contribution in [3.05, 3.63) is 0 Å². The molecule has 0 bridgehead atoms. The van der Waals surface area contributed by atoms with E-state index in [1.807, 2.05) is 0 Å². The number of hydrogen-bond donors (Lipinski definition) is 2. The molecule has 124 valence electrons. The number of hydrogen-bond acceptors (Lipinski definition) is 4. The van der Waals surface area contributed by atoms with Crippen LogP contribution >= 0.6 is 0 Å². The van der Waals surface area contributed by atoms with E-state index in [1.54, 1.807) is 0 Å². The van der Waals surface area contributed by atoms with Crippen LogP contribution in [0.1, 0.15) is 52.9 Å². The van der Waals surface area contributed by atoms with Crippen molar-refractivity contribution >= 4 is 0 Å². The Labute approximate surface area is 130 Å². The third-order valence-electron chi connectivity index (χ3n) is 5.38. The molecule has 0 radical (unpaired) electrons. The lowest BCUT2D eigenvalue weighted by Crippen LogP contribution is -2.52. The van der Waals surface area contributed by atoms with E-state index in [0.29, 0.717) is 6.04 Å². The molecule has 2 fully saturated rings. The van der Waals surface area contributed by atoms with Crippen LogP contribution in [0.3, 0.4) is 0 Å². The Kier molecular flexibility index (Phi) is 6.48. The van der Waals surface area contributed by atoms with Crippen LogP contribution in [-0.2, 0) is 0 Å². The SMILES string of the molecule is CCC(CO)(CCCN1CCN2CCCC2C1)NC(C)C. The van der Waals surface area contributed by atoms with Gasteiger partial charge < -0.3 is 15.3 Å². The van der Waals surface area contributed by atoms with Gasteiger partial charge in [-0.05, 0) is 45.2 Å². The van der Waals surface area contributed by atoms with Crippen molar-refractivity contribution in [3.8, 4) is 0 Å². The summed E-state index contributed by atoms with van der Waals surface area (Å²) in [5, 5.41) is 13.4. The van der Waals surface area contributed by atoms with E-state index in [4.69, 9.17) is 0 Å². The van der Waals surface area contributed by atoms with Crippen molar-refractivity contribution in [3.63, 3.8) is 0 Å². The van der Waals surface area contributed by atoms with E-state index >= 15 is 0 Å². The molecular weight excluding hydrogens is 262 g/mol. The summed E-state index contributed by atoms with van der Waals surface area (Å²) in [5.41, 5.74) is -0.0800. The van der Waals surface area contributed by atoms with E-state index in [-0.39, 0.29) is 12.1 Å². The molecule has 2 atom stereocenters. The highest BCUT2D eigenvalue weighted by Crippen LogP contribution is 2.23. The highest BCUT2D eigenvalue weighted by molar-refractivity contribution is 4.89. The largest absolute Gasteiger partial charge is 0.394 e. The quantitative estimate of drug-likeness (QED) is 0.715. The Bertz CT molecular complexity index is 304. The number of fused-ring (bicyclic) bond motifs is 1. The lowest BCUT2D eigenvalue weighted by Gasteiger charge is -2.39. The molecule has 2 saturated heterocycles. The number of nitrogens with zero attached hydrogens (tertiary/aromatic N) is 2. The lowest BCUT2D eigenvalue weighted by atomic mass is 9.90. The van der Waals surface area contributed by atoms with E-state index in [9.17, 15) is 5.11 Å². The minimum absolute atomic E-state index is 0.0800. The number of piperazine rings is 1. The van der Waals surface area contributed by atoms with Gasteiger partial charge in [-0.1, -0.05) is 20.8 Å². The zero-order valence-electron chi connectivity index (χ0n) is 14.3.